The first-order valence-electron chi connectivity index (χ1n) is 26.8. The standard InChI is InChI=1S/C63H99NO3/c1-3-5-7-9-11-13-15-17-19-20-21-22-23-24-25-26-27-28-29-30-31-32-33-34-35-36-37-38-39-40-41-42-43-44-45-47-49-51-53-55-57-59-63(67)64-61(60-65)62(66)58-56-54-52-50-48-46-18-16-14-12-10-8-6-4-2/h5,7,11,13,17,19,21-22,24-25,27-28,30-31,33-34,36-37,39-40,42-43,45,47-48,50,56,58,61-62,65-66H,3-4,6,8-10,12,14-16,18,20,23,26,29,32,35,38,41,44,46,49,51-55,57,59-60H2,1-2H3,(H,64,67)/b7-5-,13-11-,19-17-,22-21-,25-24-,28-27-,31-30-,34-33-,37-36-,40-39-,43-42-,47-45-,50-48+,58-56+. The number of nitrogens with one attached hydrogen (secondary N) is 1. The maximum Gasteiger partial charge on any atom is 0.220 e. The number of hydrogen-bond acceptors (Lipinski definition) is 3. The summed E-state index contributed by atoms with van der Waals surface area (Å²) in [6, 6.07) is -0.665. The minimum atomic E-state index is -0.885. The Hall–Kier alpha value is -4.25. The Labute approximate surface area is 413 Å². The summed E-state index contributed by atoms with van der Waals surface area (Å²) in [5.41, 5.74) is 0. The molecule has 0 aromatic carbocycles. The van der Waals surface area contributed by atoms with Crippen LogP contribution in [0.4, 0.5) is 0 Å². The molecule has 0 saturated carbocycles. The third-order valence-electron chi connectivity index (χ3n) is 10.9. The highest BCUT2D eigenvalue weighted by molar-refractivity contribution is 5.76. The number of allylic oxidation sites excluding steroid dienone is 27. The Morgan fingerprint density at radius 2 is 0.672 bits per heavy atom. The smallest absolute Gasteiger partial charge is 0.220 e. The van der Waals surface area contributed by atoms with E-state index in [0.717, 1.165) is 128 Å². The largest absolute Gasteiger partial charge is 0.394 e. The van der Waals surface area contributed by atoms with Crippen molar-refractivity contribution in [3.63, 3.8) is 0 Å². The molecule has 4 nitrogen and oxygen atoms in total. The van der Waals surface area contributed by atoms with Crippen LogP contribution in [0.2, 0.25) is 0 Å². The third-order valence-corrected chi connectivity index (χ3v) is 10.9. The summed E-state index contributed by atoms with van der Waals surface area (Å²) in [4.78, 5) is 12.4. The number of amides is 1. The summed E-state index contributed by atoms with van der Waals surface area (Å²) in [5, 5.41) is 23.0. The van der Waals surface area contributed by atoms with Gasteiger partial charge in [0.05, 0.1) is 18.8 Å². The van der Waals surface area contributed by atoms with Crippen molar-refractivity contribution in [2.75, 3.05) is 6.61 Å². The van der Waals surface area contributed by atoms with Crippen LogP contribution >= 0.6 is 0 Å². The molecule has 0 spiro atoms. The summed E-state index contributed by atoms with van der Waals surface area (Å²) in [6.07, 6.45) is 92.1. The molecule has 0 rings (SSSR count). The van der Waals surface area contributed by atoms with Gasteiger partial charge in [0.1, 0.15) is 0 Å². The lowest BCUT2D eigenvalue weighted by Gasteiger charge is -2.19. The van der Waals surface area contributed by atoms with Gasteiger partial charge in [0, 0.05) is 6.42 Å². The van der Waals surface area contributed by atoms with E-state index in [1.165, 1.54) is 51.4 Å². The van der Waals surface area contributed by atoms with E-state index >= 15 is 0 Å². The molecule has 2 unspecified atom stereocenters. The normalized spacial score (nSPS) is 14.3. The lowest BCUT2D eigenvalue weighted by atomic mass is 10.1. The van der Waals surface area contributed by atoms with Crippen molar-refractivity contribution in [1.82, 2.24) is 5.32 Å². The Bertz CT molecular complexity index is 1510. The first-order chi connectivity index (χ1) is 33.2. The zero-order valence-corrected chi connectivity index (χ0v) is 42.8. The van der Waals surface area contributed by atoms with E-state index in [2.05, 4.69) is 177 Å². The van der Waals surface area contributed by atoms with Gasteiger partial charge in [-0.05, 0) is 122 Å². The van der Waals surface area contributed by atoms with Gasteiger partial charge >= 0.3 is 0 Å². The molecule has 3 N–H and O–H groups in total. The van der Waals surface area contributed by atoms with Crippen LogP contribution in [-0.4, -0.2) is 34.9 Å². The number of carbonyl (C=O) groups is 1. The Morgan fingerprint density at radius 1 is 0.373 bits per heavy atom. The molecule has 0 bridgehead atoms. The van der Waals surface area contributed by atoms with Crippen molar-refractivity contribution < 1.29 is 15.0 Å². The fourth-order valence-electron chi connectivity index (χ4n) is 6.88. The second kappa shape index (κ2) is 56.1. The number of carbonyl (C=O) groups excluding carboxylic acids is 1. The molecule has 0 aliphatic carbocycles. The van der Waals surface area contributed by atoms with Gasteiger partial charge in [-0.25, -0.2) is 0 Å². The van der Waals surface area contributed by atoms with Gasteiger partial charge in [0.2, 0.25) is 5.91 Å². The number of unbranched alkanes of at least 4 members (excludes halogenated alkanes) is 13. The van der Waals surface area contributed by atoms with Crippen molar-refractivity contribution in [2.45, 2.75) is 212 Å². The fourth-order valence-corrected chi connectivity index (χ4v) is 6.88. The molecule has 0 aromatic heterocycles. The van der Waals surface area contributed by atoms with Gasteiger partial charge < -0.3 is 15.5 Å². The van der Waals surface area contributed by atoms with Crippen molar-refractivity contribution in [2.24, 2.45) is 0 Å². The molecule has 1 amide bonds. The molecule has 0 fully saturated rings. The SMILES string of the molecule is CC/C=C\C/C=C\C/C=C\C/C=C\C/C=C\C/C=C\C/C=C\C/C=C\C/C=C\C/C=C\C/C=C\C/C=C\CCCCCCC(=O)NC(CO)C(O)/C=C/CC/C=C/CCCCCCCCCC. The highest BCUT2D eigenvalue weighted by Gasteiger charge is 2.17. The molecule has 67 heavy (non-hydrogen) atoms. The van der Waals surface area contributed by atoms with E-state index in [4.69, 9.17) is 0 Å². The van der Waals surface area contributed by atoms with Crippen LogP contribution in [0, 0.1) is 0 Å². The minimum absolute atomic E-state index is 0.107. The predicted octanol–water partition coefficient (Wildman–Crippen LogP) is 18.0. The summed E-state index contributed by atoms with van der Waals surface area (Å²) >= 11 is 0. The molecular formula is C63H99NO3. The maximum absolute atomic E-state index is 12.4. The maximum atomic E-state index is 12.4. The second-order valence-corrected chi connectivity index (χ2v) is 17.2. The summed E-state index contributed by atoms with van der Waals surface area (Å²) in [7, 11) is 0. The van der Waals surface area contributed by atoms with E-state index < -0.39 is 12.1 Å². The molecule has 374 valence electrons. The monoisotopic (exact) mass is 918 g/mol. The summed E-state index contributed by atoms with van der Waals surface area (Å²) in [6.45, 7) is 4.14. The van der Waals surface area contributed by atoms with Gasteiger partial charge in [-0.3, -0.25) is 4.79 Å². The van der Waals surface area contributed by atoms with Crippen molar-refractivity contribution in [3.8, 4) is 0 Å². The molecule has 0 aliphatic rings. The number of hydrogen-bond donors (Lipinski definition) is 3. The third kappa shape index (κ3) is 52.6. The van der Waals surface area contributed by atoms with E-state index in [-0.39, 0.29) is 12.5 Å². The van der Waals surface area contributed by atoms with Crippen LogP contribution in [0.3, 0.4) is 0 Å². The van der Waals surface area contributed by atoms with Crippen molar-refractivity contribution >= 4 is 5.91 Å². The highest BCUT2D eigenvalue weighted by atomic mass is 16.3. The number of aliphatic hydroxyl groups excluding tert-OH is 2. The summed E-state index contributed by atoms with van der Waals surface area (Å²) < 4.78 is 0. The zero-order chi connectivity index (χ0) is 48.5. The quantitative estimate of drug-likeness (QED) is 0.0421. The van der Waals surface area contributed by atoms with E-state index in [1.807, 2.05) is 6.08 Å². The van der Waals surface area contributed by atoms with Crippen LogP contribution in [0.5, 0.6) is 0 Å². The topological polar surface area (TPSA) is 69.6 Å². The van der Waals surface area contributed by atoms with Gasteiger partial charge in [-0.1, -0.05) is 242 Å². The Kier molecular flexibility index (Phi) is 52.5. The molecule has 0 saturated heterocycles. The first-order valence-corrected chi connectivity index (χ1v) is 26.8. The Morgan fingerprint density at radius 3 is 1.04 bits per heavy atom. The lowest BCUT2D eigenvalue weighted by molar-refractivity contribution is -0.123. The van der Waals surface area contributed by atoms with Gasteiger partial charge in [0.25, 0.3) is 0 Å². The van der Waals surface area contributed by atoms with E-state index in [9.17, 15) is 15.0 Å². The number of rotatable bonds is 46. The molecule has 0 aromatic rings. The zero-order valence-electron chi connectivity index (χ0n) is 42.8. The molecule has 2 atom stereocenters. The van der Waals surface area contributed by atoms with Gasteiger partial charge in [-0.2, -0.15) is 0 Å². The molecular weight excluding hydrogens is 819 g/mol. The average molecular weight is 918 g/mol. The van der Waals surface area contributed by atoms with Crippen molar-refractivity contribution in [1.29, 1.82) is 0 Å². The van der Waals surface area contributed by atoms with Crippen LogP contribution in [-0.2, 0) is 4.79 Å². The highest BCUT2D eigenvalue weighted by Crippen LogP contribution is 2.11. The van der Waals surface area contributed by atoms with Crippen LogP contribution in [0.15, 0.2) is 170 Å². The predicted molar refractivity (Wildman–Crippen MR) is 298 cm³/mol. The van der Waals surface area contributed by atoms with Crippen molar-refractivity contribution in [3.05, 3.63) is 170 Å². The molecule has 0 radical (unpaired) electrons. The van der Waals surface area contributed by atoms with Gasteiger partial charge in [-0.15, -0.1) is 0 Å². The van der Waals surface area contributed by atoms with Crippen LogP contribution in [0.1, 0.15) is 200 Å². The molecule has 0 heterocycles. The first kappa shape index (κ1) is 62.8. The van der Waals surface area contributed by atoms with Crippen LogP contribution in [0.25, 0.3) is 0 Å². The summed E-state index contributed by atoms with van der Waals surface area (Å²) in [5.74, 6) is -0.107. The molecule has 0 aliphatic heterocycles. The van der Waals surface area contributed by atoms with E-state index in [0.29, 0.717) is 6.42 Å². The fraction of sp³-hybridized carbons (Fsp3) is 0.540. The average Bonchev–Trinajstić information content (AvgIpc) is 3.33. The minimum Gasteiger partial charge on any atom is -0.394 e. The van der Waals surface area contributed by atoms with E-state index in [1.54, 1.807) is 6.08 Å². The second-order valence-electron chi connectivity index (χ2n) is 17.2. The molecule has 4 heteroatoms. The number of aliphatic hydroxyl groups is 2. The van der Waals surface area contributed by atoms with Crippen LogP contribution < -0.4 is 5.32 Å². The Balaban J connectivity index is 3.75. The lowest BCUT2D eigenvalue weighted by Crippen LogP contribution is -2.45. The van der Waals surface area contributed by atoms with Gasteiger partial charge in [0.15, 0.2) is 0 Å².